The van der Waals surface area contributed by atoms with Gasteiger partial charge < -0.3 is 0 Å². The Balaban J connectivity index is 2.76. The molecule has 13 heavy (non-hydrogen) atoms. The highest BCUT2D eigenvalue weighted by atomic mass is 16.2. The Hall–Kier alpha value is -1.92. The fourth-order valence-corrected chi connectivity index (χ4v) is 0.729. The number of carbonyl (C=O) groups excluding carboxylic acids is 2. The average Bonchev–Trinajstić information content (AvgIpc) is 2.34. The van der Waals surface area contributed by atoms with E-state index >= 15 is 0 Å². The van der Waals surface area contributed by atoms with Crippen LogP contribution in [0, 0.1) is 0 Å². The Kier molecular flexibility index (Phi) is 2.58. The SMILES string of the molecule is CC(=O)Nc1nncn1NC(C)=O. The summed E-state index contributed by atoms with van der Waals surface area (Å²) in [6, 6.07) is 0. The van der Waals surface area contributed by atoms with Gasteiger partial charge in [0.2, 0.25) is 17.8 Å². The maximum Gasteiger partial charge on any atom is 0.250 e. The van der Waals surface area contributed by atoms with Crippen LogP contribution in [-0.4, -0.2) is 26.7 Å². The van der Waals surface area contributed by atoms with Crippen molar-refractivity contribution >= 4 is 17.8 Å². The van der Waals surface area contributed by atoms with E-state index in [1.165, 1.54) is 24.9 Å². The zero-order valence-electron chi connectivity index (χ0n) is 7.24. The number of rotatable bonds is 2. The van der Waals surface area contributed by atoms with Crippen molar-refractivity contribution in [2.45, 2.75) is 13.8 Å². The standard InChI is InChI=1S/C6H9N5O2/c1-4(12)8-6-9-7-3-11(6)10-5(2)13/h3H,1-2H3,(H,10,13)(H,8,9,12). The van der Waals surface area contributed by atoms with Crippen LogP contribution in [0.2, 0.25) is 0 Å². The summed E-state index contributed by atoms with van der Waals surface area (Å²) in [5, 5.41) is 9.48. The number of carbonyl (C=O) groups is 2. The third kappa shape index (κ3) is 2.55. The summed E-state index contributed by atoms with van der Waals surface area (Å²) in [6.07, 6.45) is 1.28. The number of amides is 2. The van der Waals surface area contributed by atoms with Crippen molar-refractivity contribution in [3.63, 3.8) is 0 Å². The lowest BCUT2D eigenvalue weighted by atomic mass is 10.7. The van der Waals surface area contributed by atoms with Crippen LogP contribution in [0.25, 0.3) is 0 Å². The summed E-state index contributed by atoms with van der Waals surface area (Å²) in [5.41, 5.74) is 2.40. The second-order valence-electron chi connectivity index (χ2n) is 2.37. The average molecular weight is 183 g/mol. The first-order valence-electron chi connectivity index (χ1n) is 3.55. The van der Waals surface area contributed by atoms with Gasteiger partial charge in [-0.3, -0.25) is 20.3 Å². The van der Waals surface area contributed by atoms with Gasteiger partial charge in [0, 0.05) is 13.8 Å². The molecule has 0 aliphatic rings. The minimum atomic E-state index is -0.278. The Bertz CT molecular complexity index is 301. The predicted octanol–water partition coefficient (Wildman–Crippen LogP) is -0.674. The molecule has 0 saturated carbocycles. The molecule has 0 bridgehead atoms. The maximum atomic E-state index is 10.6. The van der Waals surface area contributed by atoms with Crippen LogP contribution in [0.15, 0.2) is 6.33 Å². The van der Waals surface area contributed by atoms with E-state index in [0.29, 0.717) is 0 Å². The van der Waals surface area contributed by atoms with Crippen LogP contribution in [0.4, 0.5) is 5.95 Å². The number of hydrogen-bond acceptors (Lipinski definition) is 4. The molecule has 0 fully saturated rings. The molecule has 2 amide bonds. The molecule has 0 aliphatic carbocycles. The van der Waals surface area contributed by atoms with E-state index in [4.69, 9.17) is 0 Å². The van der Waals surface area contributed by atoms with E-state index in [2.05, 4.69) is 20.9 Å². The van der Waals surface area contributed by atoms with Gasteiger partial charge in [0.05, 0.1) is 0 Å². The molecule has 0 radical (unpaired) electrons. The lowest BCUT2D eigenvalue weighted by molar-refractivity contribution is -0.115. The fraction of sp³-hybridized carbons (Fsp3) is 0.333. The summed E-state index contributed by atoms with van der Waals surface area (Å²) in [6.45, 7) is 2.68. The van der Waals surface area contributed by atoms with E-state index < -0.39 is 0 Å². The van der Waals surface area contributed by atoms with Crippen molar-refractivity contribution < 1.29 is 9.59 Å². The van der Waals surface area contributed by atoms with E-state index in [0.717, 1.165) is 0 Å². The molecule has 1 rings (SSSR count). The molecule has 0 unspecified atom stereocenters. The highest BCUT2D eigenvalue weighted by Gasteiger charge is 2.05. The van der Waals surface area contributed by atoms with E-state index in [1.807, 2.05) is 0 Å². The summed E-state index contributed by atoms with van der Waals surface area (Å²) in [7, 11) is 0. The molecular weight excluding hydrogens is 174 g/mol. The normalized spacial score (nSPS) is 9.38. The molecule has 7 heteroatoms. The third-order valence-corrected chi connectivity index (χ3v) is 1.11. The molecule has 0 saturated heterocycles. The van der Waals surface area contributed by atoms with Crippen molar-refractivity contribution in [2.24, 2.45) is 0 Å². The zero-order chi connectivity index (χ0) is 9.84. The van der Waals surface area contributed by atoms with Gasteiger partial charge in [-0.2, -0.15) is 0 Å². The predicted molar refractivity (Wildman–Crippen MR) is 44.4 cm³/mol. The summed E-state index contributed by atoms with van der Waals surface area (Å²) < 4.78 is 1.23. The lowest BCUT2D eigenvalue weighted by Gasteiger charge is -2.04. The van der Waals surface area contributed by atoms with Crippen LogP contribution in [0.1, 0.15) is 13.8 Å². The monoisotopic (exact) mass is 183 g/mol. The molecule has 0 spiro atoms. The van der Waals surface area contributed by atoms with Gasteiger partial charge in [0.15, 0.2) is 0 Å². The summed E-state index contributed by atoms with van der Waals surface area (Å²) >= 11 is 0. The van der Waals surface area contributed by atoms with Gasteiger partial charge >= 0.3 is 0 Å². The molecule has 1 aromatic rings. The molecule has 1 aromatic heterocycles. The van der Waals surface area contributed by atoms with Crippen LogP contribution >= 0.6 is 0 Å². The highest BCUT2D eigenvalue weighted by Crippen LogP contribution is 1.97. The fourth-order valence-electron chi connectivity index (χ4n) is 0.729. The Morgan fingerprint density at radius 1 is 1.38 bits per heavy atom. The van der Waals surface area contributed by atoms with Crippen LogP contribution in [-0.2, 0) is 9.59 Å². The third-order valence-electron chi connectivity index (χ3n) is 1.11. The topological polar surface area (TPSA) is 88.9 Å². The molecule has 70 valence electrons. The highest BCUT2D eigenvalue weighted by molar-refractivity contribution is 5.87. The van der Waals surface area contributed by atoms with Gasteiger partial charge in [0.1, 0.15) is 6.33 Å². The number of hydrogen-bond donors (Lipinski definition) is 2. The lowest BCUT2D eigenvalue weighted by Crippen LogP contribution is -2.22. The van der Waals surface area contributed by atoms with Crippen LogP contribution < -0.4 is 10.7 Å². The second-order valence-corrected chi connectivity index (χ2v) is 2.37. The molecule has 2 N–H and O–H groups in total. The summed E-state index contributed by atoms with van der Waals surface area (Å²) in [4.78, 5) is 21.3. The molecular formula is C6H9N5O2. The van der Waals surface area contributed by atoms with Crippen LogP contribution in [0.3, 0.4) is 0 Å². The van der Waals surface area contributed by atoms with Gasteiger partial charge in [-0.15, -0.1) is 10.2 Å². The number of aromatic nitrogens is 3. The first-order chi connectivity index (χ1) is 6.09. The van der Waals surface area contributed by atoms with Crippen molar-refractivity contribution in [3.8, 4) is 0 Å². The number of nitrogens with zero attached hydrogens (tertiary/aromatic N) is 3. The molecule has 0 aromatic carbocycles. The van der Waals surface area contributed by atoms with E-state index in [-0.39, 0.29) is 17.8 Å². The van der Waals surface area contributed by atoms with Gasteiger partial charge in [-0.05, 0) is 0 Å². The molecule has 7 nitrogen and oxygen atoms in total. The van der Waals surface area contributed by atoms with Gasteiger partial charge in [-0.1, -0.05) is 0 Å². The molecule has 0 aliphatic heterocycles. The van der Waals surface area contributed by atoms with E-state index in [1.54, 1.807) is 0 Å². The van der Waals surface area contributed by atoms with Crippen molar-refractivity contribution in [3.05, 3.63) is 6.33 Å². The van der Waals surface area contributed by atoms with Crippen molar-refractivity contribution in [2.75, 3.05) is 10.7 Å². The number of anilines is 1. The van der Waals surface area contributed by atoms with Crippen molar-refractivity contribution in [1.29, 1.82) is 0 Å². The minimum absolute atomic E-state index is 0.183. The van der Waals surface area contributed by atoms with Gasteiger partial charge in [0.25, 0.3) is 0 Å². The van der Waals surface area contributed by atoms with Crippen LogP contribution in [0.5, 0.6) is 0 Å². The van der Waals surface area contributed by atoms with Gasteiger partial charge in [-0.25, -0.2) is 4.68 Å². The zero-order valence-corrected chi connectivity index (χ0v) is 7.24. The molecule has 0 atom stereocenters. The quantitative estimate of drug-likeness (QED) is 0.636. The van der Waals surface area contributed by atoms with Crippen molar-refractivity contribution in [1.82, 2.24) is 14.9 Å². The Labute approximate surface area is 74.1 Å². The molecule has 1 heterocycles. The smallest absolute Gasteiger partial charge is 0.250 e. The Morgan fingerprint density at radius 2 is 2.08 bits per heavy atom. The number of nitrogens with one attached hydrogen (secondary N) is 2. The largest absolute Gasteiger partial charge is 0.293 e. The van der Waals surface area contributed by atoms with E-state index in [9.17, 15) is 9.59 Å². The summed E-state index contributed by atoms with van der Waals surface area (Å²) in [5.74, 6) is -0.367. The minimum Gasteiger partial charge on any atom is -0.293 e. The first-order valence-corrected chi connectivity index (χ1v) is 3.55. The maximum absolute atomic E-state index is 10.6. The first kappa shape index (κ1) is 9.17. The Morgan fingerprint density at radius 3 is 2.62 bits per heavy atom. The second kappa shape index (κ2) is 3.65.